The molecule has 1 aliphatic rings. The highest BCUT2D eigenvalue weighted by atomic mass is 32.1. The molecule has 0 fully saturated rings. The Labute approximate surface area is 144 Å². The highest BCUT2D eigenvalue weighted by Gasteiger charge is 2.21. The van der Waals surface area contributed by atoms with E-state index in [0.717, 1.165) is 29.6 Å². The van der Waals surface area contributed by atoms with Gasteiger partial charge in [-0.1, -0.05) is 0 Å². The summed E-state index contributed by atoms with van der Waals surface area (Å²) in [7, 11) is 0. The monoisotopic (exact) mass is 343 g/mol. The third-order valence-electron chi connectivity index (χ3n) is 4.60. The van der Waals surface area contributed by atoms with E-state index >= 15 is 0 Å². The van der Waals surface area contributed by atoms with Gasteiger partial charge in [0.15, 0.2) is 5.82 Å². The van der Waals surface area contributed by atoms with Crippen LogP contribution < -0.4 is 10.9 Å². The Morgan fingerprint density at radius 3 is 2.83 bits per heavy atom. The van der Waals surface area contributed by atoms with Gasteiger partial charge in [0.2, 0.25) is 5.95 Å². The van der Waals surface area contributed by atoms with Gasteiger partial charge in [0.1, 0.15) is 4.83 Å². The van der Waals surface area contributed by atoms with Crippen molar-refractivity contribution < 1.29 is 0 Å². The summed E-state index contributed by atoms with van der Waals surface area (Å²) in [6.07, 6.45) is 6.37. The molecule has 0 aliphatic heterocycles. The van der Waals surface area contributed by atoms with Gasteiger partial charge in [-0.2, -0.15) is 5.10 Å². The topological polar surface area (TPSA) is 64.7 Å². The molecule has 7 heteroatoms. The third kappa shape index (κ3) is 2.43. The van der Waals surface area contributed by atoms with Gasteiger partial charge in [0.25, 0.3) is 5.56 Å². The fourth-order valence-electron chi connectivity index (χ4n) is 3.35. The van der Waals surface area contributed by atoms with E-state index in [9.17, 15) is 4.79 Å². The second-order valence-corrected chi connectivity index (χ2v) is 7.14. The molecule has 24 heavy (non-hydrogen) atoms. The number of hydrogen-bond donors (Lipinski definition) is 1. The lowest BCUT2D eigenvalue weighted by atomic mass is 9.97. The number of nitrogens with one attached hydrogen (secondary N) is 1. The van der Waals surface area contributed by atoms with Crippen LogP contribution in [0.5, 0.6) is 0 Å². The zero-order chi connectivity index (χ0) is 16.7. The summed E-state index contributed by atoms with van der Waals surface area (Å²) < 4.78 is 3.56. The molecule has 1 N–H and O–H groups in total. The molecule has 3 aromatic heterocycles. The van der Waals surface area contributed by atoms with Crippen molar-refractivity contribution in [1.82, 2.24) is 19.3 Å². The zero-order valence-electron chi connectivity index (χ0n) is 14.0. The molecule has 0 bridgehead atoms. The van der Waals surface area contributed by atoms with E-state index in [1.165, 1.54) is 23.3 Å². The summed E-state index contributed by atoms with van der Waals surface area (Å²) in [5.41, 5.74) is 1.31. The van der Waals surface area contributed by atoms with Crippen LogP contribution in [0.15, 0.2) is 17.1 Å². The number of anilines is 2. The summed E-state index contributed by atoms with van der Waals surface area (Å²) >= 11 is 1.68. The van der Waals surface area contributed by atoms with E-state index in [-0.39, 0.29) is 5.56 Å². The van der Waals surface area contributed by atoms with Crippen LogP contribution in [-0.4, -0.2) is 19.3 Å². The van der Waals surface area contributed by atoms with Crippen molar-refractivity contribution in [2.45, 2.75) is 52.6 Å². The molecule has 3 heterocycles. The molecule has 0 unspecified atom stereocenters. The largest absolute Gasteiger partial charge is 0.309 e. The summed E-state index contributed by atoms with van der Waals surface area (Å²) in [6, 6.07) is 1.90. The van der Waals surface area contributed by atoms with Gasteiger partial charge in [0.05, 0.1) is 5.39 Å². The van der Waals surface area contributed by atoms with Crippen LogP contribution in [0.3, 0.4) is 0 Å². The van der Waals surface area contributed by atoms with Crippen LogP contribution >= 0.6 is 11.3 Å². The number of fused-ring (bicyclic) bond motifs is 3. The Kier molecular flexibility index (Phi) is 3.88. The fraction of sp³-hybridized carbons (Fsp3) is 0.471. The first-order chi connectivity index (χ1) is 11.7. The molecular weight excluding hydrogens is 322 g/mol. The van der Waals surface area contributed by atoms with Crippen LogP contribution in [0.25, 0.3) is 10.2 Å². The maximum atomic E-state index is 13.0. The van der Waals surface area contributed by atoms with Crippen LogP contribution in [-0.2, 0) is 25.9 Å². The van der Waals surface area contributed by atoms with Crippen molar-refractivity contribution in [3.05, 3.63) is 33.1 Å². The van der Waals surface area contributed by atoms with Gasteiger partial charge in [-0.3, -0.25) is 14.0 Å². The average Bonchev–Trinajstić information content (AvgIpc) is 3.19. The molecule has 0 amide bonds. The van der Waals surface area contributed by atoms with Crippen LogP contribution in [0.2, 0.25) is 0 Å². The second-order valence-electron chi connectivity index (χ2n) is 6.06. The lowest BCUT2D eigenvalue weighted by Crippen LogP contribution is -2.24. The first-order valence-corrected chi connectivity index (χ1v) is 9.38. The number of nitrogens with zero attached hydrogens (tertiary/aromatic N) is 4. The number of hydrogen-bond acceptors (Lipinski definition) is 5. The Morgan fingerprint density at radius 2 is 2.08 bits per heavy atom. The average molecular weight is 343 g/mol. The molecule has 3 aromatic rings. The lowest BCUT2D eigenvalue weighted by Gasteiger charge is -2.12. The molecule has 0 aromatic carbocycles. The molecule has 0 radical (unpaired) electrons. The molecule has 0 atom stereocenters. The van der Waals surface area contributed by atoms with Gasteiger partial charge >= 0.3 is 0 Å². The van der Waals surface area contributed by atoms with E-state index < -0.39 is 0 Å². The van der Waals surface area contributed by atoms with Gasteiger partial charge in [-0.05, 0) is 45.1 Å². The smallest absolute Gasteiger partial charge is 0.263 e. The summed E-state index contributed by atoms with van der Waals surface area (Å²) in [5.74, 6) is 1.29. The van der Waals surface area contributed by atoms with Crippen molar-refractivity contribution in [2.75, 3.05) is 5.32 Å². The first kappa shape index (κ1) is 15.4. The van der Waals surface area contributed by atoms with Crippen LogP contribution in [0.1, 0.15) is 37.1 Å². The minimum Gasteiger partial charge on any atom is -0.309 e. The SMILES string of the molecule is CCn1ccc(Nc2nc3sc4c(c3c(=O)n2CC)CCCC4)n1. The maximum Gasteiger partial charge on any atom is 0.263 e. The Morgan fingerprint density at radius 1 is 1.25 bits per heavy atom. The molecule has 1 aliphatic carbocycles. The van der Waals surface area contributed by atoms with E-state index in [1.54, 1.807) is 15.9 Å². The minimum atomic E-state index is 0.0688. The van der Waals surface area contributed by atoms with Crippen molar-refractivity contribution in [2.24, 2.45) is 0 Å². The Balaban J connectivity index is 1.84. The van der Waals surface area contributed by atoms with E-state index in [2.05, 4.69) is 10.4 Å². The highest BCUT2D eigenvalue weighted by molar-refractivity contribution is 7.18. The normalized spacial score (nSPS) is 14.1. The maximum absolute atomic E-state index is 13.0. The summed E-state index contributed by atoms with van der Waals surface area (Å²) in [6.45, 7) is 5.42. The van der Waals surface area contributed by atoms with E-state index in [4.69, 9.17) is 4.98 Å². The Bertz CT molecular complexity index is 952. The minimum absolute atomic E-state index is 0.0688. The predicted octanol–water partition coefficient (Wildman–Crippen LogP) is 3.32. The van der Waals surface area contributed by atoms with E-state index in [1.807, 2.05) is 30.8 Å². The zero-order valence-corrected chi connectivity index (χ0v) is 14.8. The molecule has 126 valence electrons. The summed E-state index contributed by atoms with van der Waals surface area (Å²) in [5, 5.41) is 8.48. The standard InChI is InChI=1S/C17H21N5OS/c1-3-21-10-9-13(20-21)18-17-19-15-14(16(23)22(17)4-2)11-7-5-6-8-12(11)24-15/h9-10H,3-8H2,1-2H3,(H,18,19,20). The molecule has 0 saturated heterocycles. The van der Waals surface area contributed by atoms with Crippen LogP contribution in [0.4, 0.5) is 11.8 Å². The van der Waals surface area contributed by atoms with Crippen molar-refractivity contribution >= 4 is 33.3 Å². The predicted molar refractivity (Wildman–Crippen MR) is 97.4 cm³/mol. The second kappa shape index (κ2) is 6.05. The quantitative estimate of drug-likeness (QED) is 0.789. The fourth-order valence-corrected chi connectivity index (χ4v) is 4.60. The molecule has 0 saturated carbocycles. The first-order valence-electron chi connectivity index (χ1n) is 8.56. The van der Waals surface area contributed by atoms with Crippen molar-refractivity contribution in [3.63, 3.8) is 0 Å². The molecule has 6 nitrogen and oxygen atoms in total. The lowest BCUT2D eigenvalue weighted by molar-refractivity contribution is 0.661. The Hall–Kier alpha value is -2.15. The molecule has 4 rings (SSSR count). The number of aryl methyl sites for hydroxylation is 3. The third-order valence-corrected chi connectivity index (χ3v) is 5.78. The van der Waals surface area contributed by atoms with Crippen molar-refractivity contribution in [1.29, 1.82) is 0 Å². The number of thiophene rings is 1. The van der Waals surface area contributed by atoms with Crippen LogP contribution in [0, 0.1) is 0 Å². The molecule has 0 spiro atoms. The van der Waals surface area contributed by atoms with Gasteiger partial charge in [0, 0.05) is 30.2 Å². The number of aromatic nitrogens is 4. The van der Waals surface area contributed by atoms with Gasteiger partial charge < -0.3 is 5.32 Å². The van der Waals surface area contributed by atoms with Gasteiger partial charge in [-0.25, -0.2) is 4.98 Å². The highest BCUT2D eigenvalue weighted by Crippen LogP contribution is 2.34. The molecular formula is C17H21N5OS. The van der Waals surface area contributed by atoms with Crippen molar-refractivity contribution in [3.8, 4) is 0 Å². The summed E-state index contributed by atoms with van der Waals surface area (Å²) in [4.78, 5) is 20.0. The van der Waals surface area contributed by atoms with Gasteiger partial charge in [-0.15, -0.1) is 11.3 Å². The number of rotatable bonds is 4. The van der Waals surface area contributed by atoms with E-state index in [0.29, 0.717) is 18.3 Å².